The van der Waals surface area contributed by atoms with E-state index in [1.807, 2.05) is 0 Å². The second-order valence-corrected chi connectivity index (χ2v) is 1.97. The Morgan fingerprint density at radius 3 is 2.67 bits per heavy atom. The lowest BCUT2D eigenvalue weighted by molar-refractivity contribution is -0.120. The van der Waals surface area contributed by atoms with Crippen LogP contribution >= 0.6 is 0 Å². The summed E-state index contributed by atoms with van der Waals surface area (Å²) in [4.78, 5) is 21.0. The van der Waals surface area contributed by atoms with E-state index in [1.54, 1.807) is 0 Å². The van der Waals surface area contributed by atoms with Gasteiger partial charge in [-0.15, -0.1) is 0 Å². The molecule has 0 aromatic rings. The Bertz CT molecular complexity index is 193. The molecule has 1 aliphatic rings. The normalized spacial score (nSPS) is 17.0. The highest BCUT2D eigenvalue weighted by Crippen LogP contribution is 2.06. The minimum Gasteiger partial charge on any atom is -0.332 e. The van der Waals surface area contributed by atoms with E-state index in [2.05, 4.69) is 5.32 Å². The summed E-state index contributed by atoms with van der Waals surface area (Å²) in [5, 5.41) is 2.43. The van der Waals surface area contributed by atoms with E-state index in [-0.39, 0.29) is 18.1 Å². The van der Waals surface area contributed by atoms with Gasteiger partial charge in [-0.3, -0.25) is 9.59 Å². The SMILES string of the molecule is CC(=O)C1=CNC(=O)C1. The summed E-state index contributed by atoms with van der Waals surface area (Å²) in [6.45, 7) is 1.45. The van der Waals surface area contributed by atoms with Gasteiger partial charge in [0.25, 0.3) is 0 Å². The zero-order valence-electron chi connectivity index (χ0n) is 5.10. The van der Waals surface area contributed by atoms with Crippen molar-refractivity contribution in [1.82, 2.24) is 5.32 Å². The van der Waals surface area contributed by atoms with Crippen molar-refractivity contribution in [1.29, 1.82) is 0 Å². The molecular formula is C6H7NO2. The van der Waals surface area contributed by atoms with E-state index in [4.69, 9.17) is 0 Å². The van der Waals surface area contributed by atoms with Crippen LogP contribution in [0.1, 0.15) is 13.3 Å². The van der Waals surface area contributed by atoms with Crippen LogP contribution in [0.15, 0.2) is 11.8 Å². The maximum Gasteiger partial charge on any atom is 0.228 e. The number of hydrogen-bond acceptors (Lipinski definition) is 2. The van der Waals surface area contributed by atoms with Crippen LogP contribution in [0.3, 0.4) is 0 Å². The Morgan fingerprint density at radius 1 is 1.78 bits per heavy atom. The van der Waals surface area contributed by atoms with Gasteiger partial charge in [0, 0.05) is 11.8 Å². The Balaban J connectivity index is 2.65. The average molecular weight is 125 g/mol. The summed E-state index contributed by atoms with van der Waals surface area (Å²) in [6, 6.07) is 0. The van der Waals surface area contributed by atoms with Gasteiger partial charge < -0.3 is 5.32 Å². The molecule has 0 bridgehead atoms. The number of amides is 1. The van der Waals surface area contributed by atoms with Crippen LogP contribution in [0, 0.1) is 0 Å². The Labute approximate surface area is 52.7 Å². The van der Waals surface area contributed by atoms with Gasteiger partial charge in [0.15, 0.2) is 5.78 Å². The number of nitrogens with one attached hydrogen (secondary N) is 1. The zero-order chi connectivity index (χ0) is 6.85. The van der Waals surface area contributed by atoms with Gasteiger partial charge in [-0.2, -0.15) is 0 Å². The minimum absolute atomic E-state index is 0.0339. The number of carbonyl (C=O) groups excluding carboxylic acids is 2. The van der Waals surface area contributed by atoms with Crippen molar-refractivity contribution in [2.45, 2.75) is 13.3 Å². The molecule has 3 nitrogen and oxygen atoms in total. The van der Waals surface area contributed by atoms with Crippen molar-refractivity contribution in [2.75, 3.05) is 0 Å². The highest BCUT2D eigenvalue weighted by Gasteiger charge is 2.14. The van der Waals surface area contributed by atoms with E-state index >= 15 is 0 Å². The molecule has 0 spiro atoms. The molecule has 3 heteroatoms. The van der Waals surface area contributed by atoms with Crippen LogP contribution in [0.25, 0.3) is 0 Å². The van der Waals surface area contributed by atoms with E-state index in [0.29, 0.717) is 5.57 Å². The van der Waals surface area contributed by atoms with Gasteiger partial charge in [-0.25, -0.2) is 0 Å². The van der Waals surface area contributed by atoms with E-state index in [0.717, 1.165) is 0 Å². The van der Waals surface area contributed by atoms with Gasteiger partial charge in [0.05, 0.1) is 6.42 Å². The maximum absolute atomic E-state index is 10.5. The number of rotatable bonds is 1. The molecule has 0 atom stereocenters. The van der Waals surface area contributed by atoms with Crippen LogP contribution in [-0.2, 0) is 9.59 Å². The fourth-order valence-corrected chi connectivity index (χ4v) is 0.669. The first-order valence-corrected chi connectivity index (χ1v) is 2.69. The summed E-state index contributed by atoms with van der Waals surface area (Å²) in [5.74, 6) is -0.131. The topological polar surface area (TPSA) is 46.2 Å². The molecule has 1 N–H and O–H groups in total. The average Bonchev–Trinajstić information content (AvgIpc) is 2.14. The molecule has 0 saturated carbocycles. The summed E-state index contributed by atoms with van der Waals surface area (Å²) < 4.78 is 0. The summed E-state index contributed by atoms with van der Waals surface area (Å²) >= 11 is 0. The lowest BCUT2D eigenvalue weighted by Crippen LogP contribution is -2.08. The molecule has 1 aliphatic heterocycles. The summed E-state index contributed by atoms with van der Waals surface area (Å²) in [5.41, 5.74) is 0.569. The lowest BCUT2D eigenvalue weighted by atomic mass is 10.2. The van der Waals surface area contributed by atoms with E-state index in [1.165, 1.54) is 13.1 Å². The van der Waals surface area contributed by atoms with Crippen molar-refractivity contribution in [2.24, 2.45) is 0 Å². The standard InChI is InChI=1S/C6H7NO2/c1-4(8)5-2-6(9)7-3-5/h3H,2H2,1H3,(H,7,9). The predicted molar refractivity (Wildman–Crippen MR) is 31.5 cm³/mol. The first-order valence-electron chi connectivity index (χ1n) is 2.69. The van der Waals surface area contributed by atoms with Gasteiger partial charge in [-0.1, -0.05) is 0 Å². The lowest BCUT2D eigenvalue weighted by Gasteiger charge is -1.86. The predicted octanol–water partition coefficient (Wildman–Crippen LogP) is -0.0208. The van der Waals surface area contributed by atoms with Crippen molar-refractivity contribution < 1.29 is 9.59 Å². The molecule has 1 heterocycles. The third-order valence-electron chi connectivity index (χ3n) is 1.21. The Kier molecular flexibility index (Phi) is 1.34. The number of hydrogen-bond donors (Lipinski definition) is 1. The minimum atomic E-state index is -0.0970. The van der Waals surface area contributed by atoms with E-state index < -0.39 is 0 Å². The molecule has 0 aromatic carbocycles. The highest BCUT2D eigenvalue weighted by molar-refractivity contribution is 6.01. The molecule has 0 radical (unpaired) electrons. The Morgan fingerprint density at radius 2 is 2.44 bits per heavy atom. The molecule has 0 fully saturated rings. The van der Waals surface area contributed by atoms with Gasteiger partial charge in [0.1, 0.15) is 0 Å². The third kappa shape index (κ3) is 1.16. The first kappa shape index (κ1) is 6.01. The second-order valence-electron chi connectivity index (χ2n) is 1.97. The first-order chi connectivity index (χ1) is 4.20. The number of ketones is 1. The molecule has 1 rings (SSSR count). The highest BCUT2D eigenvalue weighted by atomic mass is 16.2. The maximum atomic E-state index is 10.5. The van der Waals surface area contributed by atoms with Crippen molar-refractivity contribution in [3.8, 4) is 0 Å². The van der Waals surface area contributed by atoms with Crippen LogP contribution in [-0.4, -0.2) is 11.7 Å². The second kappa shape index (κ2) is 2.01. The third-order valence-corrected chi connectivity index (χ3v) is 1.21. The molecule has 0 unspecified atom stereocenters. The number of Topliss-reactive ketones (excluding diaryl/α,β-unsaturated/α-hetero) is 1. The van der Waals surface area contributed by atoms with Crippen LogP contribution in [0.5, 0.6) is 0 Å². The Hall–Kier alpha value is -1.12. The fourth-order valence-electron chi connectivity index (χ4n) is 0.669. The summed E-state index contributed by atoms with van der Waals surface area (Å²) in [7, 11) is 0. The molecule has 48 valence electrons. The number of carbonyl (C=O) groups is 2. The van der Waals surface area contributed by atoms with Crippen molar-refractivity contribution in [3.63, 3.8) is 0 Å². The molecule has 9 heavy (non-hydrogen) atoms. The molecule has 0 aliphatic carbocycles. The largest absolute Gasteiger partial charge is 0.332 e. The van der Waals surface area contributed by atoms with Crippen LogP contribution in [0.2, 0.25) is 0 Å². The molecular weight excluding hydrogens is 118 g/mol. The van der Waals surface area contributed by atoms with Crippen LogP contribution < -0.4 is 5.32 Å². The summed E-state index contributed by atoms with van der Waals surface area (Å²) in [6.07, 6.45) is 1.71. The zero-order valence-corrected chi connectivity index (χ0v) is 5.10. The molecule has 0 aromatic heterocycles. The van der Waals surface area contributed by atoms with Crippen molar-refractivity contribution >= 4 is 11.7 Å². The van der Waals surface area contributed by atoms with Gasteiger partial charge in [-0.05, 0) is 6.92 Å². The smallest absolute Gasteiger partial charge is 0.228 e. The van der Waals surface area contributed by atoms with E-state index in [9.17, 15) is 9.59 Å². The van der Waals surface area contributed by atoms with Gasteiger partial charge in [0.2, 0.25) is 5.91 Å². The monoisotopic (exact) mass is 125 g/mol. The van der Waals surface area contributed by atoms with Crippen molar-refractivity contribution in [3.05, 3.63) is 11.8 Å². The molecule has 0 saturated heterocycles. The van der Waals surface area contributed by atoms with Crippen LogP contribution in [0.4, 0.5) is 0 Å². The fraction of sp³-hybridized carbons (Fsp3) is 0.333. The molecule has 1 amide bonds. The van der Waals surface area contributed by atoms with Gasteiger partial charge >= 0.3 is 0 Å². The quantitative estimate of drug-likeness (QED) is 0.535.